The molecule has 0 radical (unpaired) electrons. The first-order chi connectivity index (χ1) is 16.7. The number of hydrogen-bond donors (Lipinski definition) is 1. The molecule has 0 atom stereocenters. The van der Waals surface area contributed by atoms with Gasteiger partial charge in [0.15, 0.2) is 0 Å². The van der Waals surface area contributed by atoms with Gasteiger partial charge in [0.2, 0.25) is 0 Å². The van der Waals surface area contributed by atoms with Crippen LogP contribution in [0, 0.1) is 0 Å². The molecule has 2 aliphatic heterocycles. The standard InChI is InChI=1S/C29H33N3O2/c33-29(27-11-9-25(10-12-27)20-31-15-17-34-18-16-31)30-19-23-5-7-24(8-6-23)21-32-14-13-26-3-1-2-4-28(26)22-32/h1-12H,13-22H2,(H,30,33). The van der Waals surface area contributed by atoms with E-state index in [1.807, 2.05) is 12.1 Å². The molecule has 5 heteroatoms. The van der Waals surface area contributed by atoms with E-state index >= 15 is 0 Å². The van der Waals surface area contributed by atoms with E-state index in [9.17, 15) is 4.79 Å². The third kappa shape index (κ3) is 5.92. The molecule has 0 aliphatic carbocycles. The highest BCUT2D eigenvalue weighted by atomic mass is 16.5. The van der Waals surface area contributed by atoms with Crippen LogP contribution in [0.15, 0.2) is 72.8 Å². The number of rotatable bonds is 7. The molecule has 1 amide bonds. The van der Waals surface area contributed by atoms with Gasteiger partial charge in [0.05, 0.1) is 13.2 Å². The second kappa shape index (κ2) is 11.0. The van der Waals surface area contributed by atoms with Crippen LogP contribution in [-0.2, 0) is 37.3 Å². The number of carbonyl (C=O) groups is 1. The number of benzene rings is 3. The normalized spacial score (nSPS) is 16.7. The lowest BCUT2D eigenvalue weighted by molar-refractivity contribution is 0.0342. The molecule has 1 N–H and O–H groups in total. The van der Waals surface area contributed by atoms with Gasteiger partial charge < -0.3 is 10.1 Å². The summed E-state index contributed by atoms with van der Waals surface area (Å²) in [6.07, 6.45) is 1.12. The fourth-order valence-electron chi connectivity index (χ4n) is 4.77. The number of amides is 1. The summed E-state index contributed by atoms with van der Waals surface area (Å²) in [5, 5.41) is 3.05. The Labute approximate surface area is 202 Å². The molecule has 3 aromatic carbocycles. The van der Waals surface area contributed by atoms with Gasteiger partial charge in [-0.2, -0.15) is 0 Å². The Morgan fingerprint density at radius 3 is 2.09 bits per heavy atom. The molecule has 3 aromatic rings. The molecule has 2 aliphatic rings. The number of carbonyl (C=O) groups excluding carboxylic acids is 1. The van der Waals surface area contributed by atoms with E-state index in [4.69, 9.17) is 4.74 Å². The Balaban J connectivity index is 1.09. The van der Waals surface area contributed by atoms with Gasteiger partial charge in [-0.3, -0.25) is 14.6 Å². The highest BCUT2D eigenvalue weighted by Crippen LogP contribution is 2.20. The first-order valence-electron chi connectivity index (χ1n) is 12.3. The van der Waals surface area contributed by atoms with Gasteiger partial charge in [-0.15, -0.1) is 0 Å². The summed E-state index contributed by atoms with van der Waals surface area (Å²) in [6, 6.07) is 25.3. The Morgan fingerprint density at radius 2 is 1.35 bits per heavy atom. The predicted octanol–water partition coefficient (Wildman–Crippen LogP) is 4.01. The van der Waals surface area contributed by atoms with Crippen LogP contribution >= 0.6 is 0 Å². The van der Waals surface area contributed by atoms with Gasteiger partial charge in [0.25, 0.3) is 5.91 Å². The highest BCUT2D eigenvalue weighted by molar-refractivity contribution is 5.94. The maximum absolute atomic E-state index is 12.6. The first-order valence-corrected chi connectivity index (χ1v) is 12.3. The van der Waals surface area contributed by atoms with Crippen molar-refractivity contribution in [2.24, 2.45) is 0 Å². The van der Waals surface area contributed by atoms with Gasteiger partial charge in [-0.05, 0) is 46.4 Å². The molecule has 2 heterocycles. The Morgan fingerprint density at radius 1 is 0.735 bits per heavy atom. The predicted molar refractivity (Wildman–Crippen MR) is 134 cm³/mol. The summed E-state index contributed by atoms with van der Waals surface area (Å²) >= 11 is 0. The lowest BCUT2D eigenvalue weighted by Crippen LogP contribution is -2.35. The SMILES string of the molecule is O=C(NCc1ccc(CN2CCc3ccccc3C2)cc1)c1ccc(CN2CCOCC2)cc1. The van der Waals surface area contributed by atoms with Gasteiger partial charge in [-0.25, -0.2) is 0 Å². The molecule has 1 saturated heterocycles. The third-order valence-corrected chi connectivity index (χ3v) is 6.82. The smallest absolute Gasteiger partial charge is 0.251 e. The maximum Gasteiger partial charge on any atom is 0.251 e. The van der Waals surface area contributed by atoms with Gasteiger partial charge in [0, 0.05) is 51.4 Å². The molecule has 34 heavy (non-hydrogen) atoms. The van der Waals surface area contributed by atoms with E-state index in [1.54, 1.807) is 0 Å². The van der Waals surface area contributed by atoms with Crippen molar-refractivity contribution < 1.29 is 9.53 Å². The summed E-state index contributed by atoms with van der Waals surface area (Å²) in [5.74, 6) is -0.0334. The van der Waals surface area contributed by atoms with Crippen LogP contribution in [0.3, 0.4) is 0 Å². The minimum absolute atomic E-state index is 0.0334. The zero-order valence-corrected chi connectivity index (χ0v) is 19.7. The number of ether oxygens (including phenoxy) is 1. The molecule has 5 nitrogen and oxygen atoms in total. The van der Waals surface area contributed by atoms with Crippen LogP contribution in [0.25, 0.3) is 0 Å². The lowest BCUT2D eigenvalue weighted by Gasteiger charge is -2.28. The van der Waals surface area contributed by atoms with Crippen molar-refractivity contribution in [1.82, 2.24) is 15.1 Å². The summed E-state index contributed by atoms with van der Waals surface area (Å²) < 4.78 is 5.41. The molecule has 5 rings (SSSR count). The average molecular weight is 456 g/mol. The Kier molecular flexibility index (Phi) is 7.34. The molecule has 0 bridgehead atoms. The molecule has 0 saturated carbocycles. The van der Waals surface area contributed by atoms with Gasteiger partial charge in [0.1, 0.15) is 0 Å². The van der Waals surface area contributed by atoms with Gasteiger partial charge in [-0.1, -0.05) is 60.7 Å². The monoisotopic (exact) mass is 455 g/mol. The topological polar surface area (TPSA) is 44.8 Å². The van der Waals surface area contributed by atoms with Crippen LogP contribution in [-0.4, -0.2) is 48.6 Å². The number of morpholine rings is 1. The summed E-state index contributed by atoms with van der Waals surface area (Å²) in [6.45, 7) is 8.03. The van der Waals surface area contributed by atoms with E-state index in [-0.39, 0.29) is 5.91 Å². The van der Waals surface area contributed by atoms with Crippen molar-refractivity contribution in [1.29, 1.82) is 0 Å². The molecular formula is C29H33N3O2. The fraction of sp³-hybridized carbons (Fsp3) is 0.345. The van der Waals surface area contributed by atoms with Gasteiger partial charge >= 0.3 is 0 Å². The van der Waals surface area contributed by atoms with Crippen LogP contribution in [0.2, 0.25) is 0 Å². The third-order valence-electron chi connectivity index (χ3n) is 6.82. The molecule has 0 aromatic heterocycles. The van der Waals surface area contributed by atoms with Crippen LogP contribution in [0.5, 0.6) is 0 Å². The highest BCUT2D eigenvalue weighted by Gasteiger charge is 2.16. The van der Waals surface area contributed by atoms with E-state index in [2.05, 4.69) is 75.8 Å². The zero-order chi connectivity index (χ0) is 23.2. The average Bonchev–Trinajstić information content (AvgIpc) is 2.89. The van der Waals surface area contributed by atoms with Crippen LogP contribution < -0.4 is 5.32 Å². The number of nitrogens with zero attached hydrogens (tertiary/aromatic N) is 2. The van der Waals surface area contributed by atoms with Crippen LogP contribution in [0.4, 0.5) is 0 Å². The fourth-order valence-corrected chi connectivity index (χ4v) is 4.77. The number of hydrogen-bond acceptors (Lipinski definition) is 4. The van der Waals surface area contributed by atoms with Crippen molar-refractivity contribution in [2.45, 2.75) is 32.6 Å². The molecule has 0 spiro atoms. The zero-order valence-electron chi connectivity index (χ0n) is 19.7. The Hall–Kier alpha value is -2.99. The first kappa shape index (κ1) is 22.8. The van der Waals surface area contributed by atoms with Crippen molar-refractivity contribution >= 4 is 5.91 Å². The largest absolute Gasteiger partial charge is 0.379 e. The van der Waals surface area contributed by atoms with E-state index in [0.29, 0.717) is 12.1 Å². The van der Waals surface area contributed by atoms with Crippen molar-refractivity contribution in [3.8, 4) is 0 Å². The summed E-state index contributed by atoms with van der Waals surface area (Å²) in [7, 11) is 0. The number of nitrogens with one attached hydrogen (secondary N) is 1. The summed E-state index contributed by atoms with van der Waals surface area (Å²) in [4.78, 5) is 17.5. The maximum atomic E-state index is 12.6. The van der Waals surface area contributed by atoms with E-state index in [0.717, 1.165) is 64.5 Å². The molecule has 176 valence electrons. The minimum atomic E-state index is -0.0334. The second-order valence-electron chi connectivity index (χ2n) is 9.31. The summed E-state index contributed by atoms with van der Waals surface area (Å²) in [5.41, 5.74) is 7.29. The van der Waals surface area contributed by atoms with Crippen molar-refractivity contribution in [3.05, 3.63) is 106 Å². The molecule has 1 fully saturated rings. The lowest BCUT2D eigenvalue weighted by atomic mass is 9.99. The molecular weight excluding hydrogens is 422 g/mol. The van der Waals surface area contributed by atoms with E-state index < -0.39 is 0 Å². The quantitative estimate of drug-likeness (QED) is 0.585. The minimum Gasteiger partial charge on any atom is -0.379 e. The van der Waals surface area contributed by atoms with E-state index in [1.165, 1.54) is 22.3 Å². The molecule has 0 unspecified atom stereocenters. The second-order valence-corrected chi connectivity index (χ2v) is 9.31. The van der Waals surface area contributed by atoms with Crippen LogP contribution in [0.1, 0.15) is 38.2 Å². The number of fused-ring (bicyclic) bond motifs is 1. The Bertz CT molecular complexity index is 1090. The van der Waals surface area contributed by atoms with Crippen molar-refractivity contribution in [3.63, 3.8) is 0 Å². The van der Waals surface area contributed by atoms with Crippen molar-refractivity contribution in [2.75, 3.05) is 32.8 Å².